The van der Waals surface area contributed by atoms with E-state index in [1.54, 1.807) is 50.2 Å². The number of carbonyl (C=O) groups is 2. The Bertz CT molecular complexity index is 3110. The molecule has 0 radical (unpaired) electrons. The fraction of sp³-hybridized carbons (Fsp3) is 0.289. The summed E-state index contributed by atoms with van der Waals surface area (Å²) in [5.74, 6) is 0.295. The van der Waals surface area contributed by atoms with Crippen molar-refractivity contribution in [3.8, 4) is 46.0 Å². The Morgan fingerprint density at radius 2 is 1.07 bits per heavy atom. The van der Waals surface area contributed by atoms with Crippen molar-refractivity contribution in [2.75, 3.05) is 80.9 Å². The molecule has 0 saturated carbocycles. The number of nitrogens with zero attached hydrogens (tertiary/aromatic N) is 7. The normalized spacial score (nSPS) is 13.6. The predicted molar refractivity (Wildman–Crippen MR) is 257 cm³/mol. The number of phosphoric acid groups is 1. The van der Waals surface area contributed by atoms with Crippen LogP contribution in [0, 0.1) is 11.6 Å². The number of phosphoric ester groups is 1. The van der Waals surface area contributed by atoms with Crippen LogP contribution in [0.4, 0.5) is 67.0 Å². The number of halogens is 2. The van der Waals surface area contributed by atoms with Crippen LogP contribution >= 0.6 is 7.82 Å². The molecule has 0 fully saturated rings. The fourth-order valence-electron chi connectivity index (χ4n) is 6.87. The van der Waals surface area contributed by atoms with Crippen molar-refractivity contribution in [1.29, 1.82) is 0 Å². The number of benzene rings is 2. The molecule has 8 rings (SSSR count). The van der Waals surface area contributed by atoms with Crippen LogP contribution in [0.5, 0.6) is 46.0 Å². The van der Waals surface area contributed by atoms with E-state index in [0.717, 1.165) is 17.3 Å². The molecule has 0 bridgehead atoms. The number of amides is 2. The molecule has 4 aromatic heterocycles. The van der Waals surface area contributed by atoms with Gasteiger partial charge in [-0.1, -0.05) is 0 Å². The minimum atomic E-state index is -5.41. The first-order chi connectivity index (χ1) is 35.1. The van der Waals surface area contributed by atoms with Crippen molar-refractivity contribution in [3.63, 3.8) is 0 Å². The Balaban J connectivity index is 0.000000277. The minimum Gasteiger partial charge on any atom is -0.790 e. The van der Waals surface area contributed by atoms with Crippen LogP contribution in [0.15, 0.2) is 60.9 Å². The number of carbonyl (C=O) groups excluding carboxylic acids is 2. The molecule has 0 aliphatic carbocycles. The van der Waals surface area contributed by atoms with Crippen molar-refractivity contribution in [1.82, 2.24) is 29.9 Å². The smallest absolute Gasteiger partial charge is 0.790 e. The average molecular weight is 1090 g/mol. The van der Waals surface area contributed by atoms with Crippen LogP contribution in [-0.4, -0.2) is 102 Å². The van der Waals surface area contributed by atoms with Gasteiger partial charge in [-0.05, 0) is 52.0 Å². The maximum atomic E-state index is 14.7. The summed E-state index contributed by atoms with van der Waals surface area (Å²) in [5, 5.41) is 14.1. The summed E-state index contributed by atoms with van der Waals surface area (Å²) >= 11 is 0. The molecule has 392 valence electrons. The Labute approximate surface area is 477 Å². The van der Waals surface area contributed by atoms with Gasteiger partial charge < -0.3 is 83.4 Å². The summed E-state index contributed by atoms with van der Waals surface area (Å²) in [6.45, 7) is 5.27. The van der Waals surface area contributed by atoms with Crippen LogP contribution in [0.25, 0.3) is 0 Å². The van der Waals surface area contributed by atoms with E-state index in [2.05, 4.69) is 61.0 Å². The van der Waals surface area contributed by atoms with Gasteiger partial charge in [-0.3, -0.25) is 14.5 Å². The van der Waals surface area contributed by atoms with Gasteiger partial charge in [0.05, 0.1) is 62.9 Å². The van der Waals surface area contributed by atoms with Gasteiger partial charge in [0.25, 0.3) is 11.8 Å². The topological polar surface area (TPSA) is 321 Å². The molecule has 6 aromatic rings. The molecule has 0 unspecified atom stereocenters. The summed E-state index contributed by atoms with van der Waals surface area (Å²) in [6.07, 6.45) is 1.94. The molecule has 76 heavy (non-hydrogen) atoms. The van der Waals surface area contributed by atoms with Gasteiger partial charge in [-0.15, -0.1) is 0 Å². The molecule has 2 amide bonds. The zero-order chi connectivity index (χ0) is 53.7. The van der Waals surface area contributed by atoms with Crippen LogP contribution < -0.4 is 138 Å². The van der Waals surface area contributed by atoms with Crippen molar-refractivity contribution in [2.24, 2.45) is 0 Å². The zero-order valence-corrected chi connectivity index (χ0v) is 47.9. The number of aromatic nitrogens is 6. The van der Waals surface area contributed by atoms with E-state index < -0.39 is 43.3 Å². The third kappa shape index (κ3) is 14.1. The number of anilines is 10. The summed E-state index contributed by atoms with van der Waals surface area (Å²) in [5.41, 5.74) is -1.45. The van der Waals surface area contributed by atoms with Crippen molar-refractivity contribution in [2.45, 2.75) is 38.9 Å². The first-order valence-corrected chi connectivity index (χ1v) is 23.0. The van der Waals surface area contributed by atoms with Gasteiger partial charge in [-0.25, -0.2) is 28.7 Å². The monoisotopic (exact) mass is 1090 g/mol. The number of hydrogen-bond acceptors (Lipinski definition) is 24. The molecule has 31 heteroatoms. The van der Waals surface area contributed by atoms with E-state index in [1.165, 1.54) is 68.6 Å². The summed E-state index contributed by atoms with van der Waals surface area (Å²) in [7, 11) is 3.46. The van der Waals surface area contributed by atoms with Gasteiger partial charge in [0.2, 0.25) is 23.4 Å². The molecule has 0 atom stereocenters. The van der Waals surface area contributed by atoms with E-state index in [9.17, 15) is 32.7 Å². The maximum Gasteiger partial charge on any atom is 1.00 e. The van der Waals surface area contributed by atoms with Crippen LogP contribution in [-0.2, 0) is 18.7 Å². The summed E-state index contributed by atoms with van der Waals surface area (Å²) in [4.78, 5) is 72.6. The first-order valence-electron chi connectivity index (χ1n) is 21.5. The molecule has 26 nitrogen and oxygen atoms in total. The van der Waals surface area contributed by atoms with Crippen molar-refractivity contribution < 1.29 is 134 Å². The molecule has 0 spiro atoms. The SMILES string of the molecule is COc1cc(Nc2ncc(F)c(Nc3ccc4c(n3)N(COP(=O)([O-])[O-])C(=O)C(C)(C)O4)n2)cc(OC)c1OC.COc1cc(Nc2ncc(F)c(Nc3ccc4c(n3)NC(=O)C(C)(C)O4)n2)cc(OC)c1OC.[Na+].[Na+]. The Morgan fingerprint density at radius 3 is 1.50 bits per heavy atom. The van der Waals surface area contributed by atoms with E-state index in [-0.39, 0.29) is 118 Å². The van der Waals surface area contributed by atoms with E-state index in [0.29, 0.717) is 51.6 Å². The Kier molecular flexibility index (Phi) is 19.9. The van der Waals surface area contributed by atoms with Crippen LogP contribution in [0.2, 0.25) is 0 Å². The van der Waals surface area contributed by atoms with Gasteiger partial charge in [0.1, 0.15) is 18.4 Å². The largest absolute Gasteiger partial charge is 1.00 e. The zero-order valence-electron chi connectivity index (χ0n) is 43.0. The second-order valence-electron chi connectivity index (χ2n) is 16.3. The minimum absolute atomic E-state index is 0. The first kappa shape index (κ1) is 60.3. The second kappa shape index (κ2) is 25.0. The van der Waals surface area contributed by atoms with Crippen molar-refractivity contribution >= 4 is 77.8 Å². The van der Waals surface area contributed by atoms with Crippen LogP contribution in [0.1, 0.15) is 27.7 Å². The third-order valence-corrected chi connectivity index (χ3v) is 10.8. The molecule has 0 saturated heterocycles. The molecule has 2 aliphatic rings. The third-order valence-electron chi connectivity index (χ3n) is 10.4. The second-order valence-corrected chi connectivity index (χ2v) is 17.4. The average Bonchev–Trinajstić information content (AvgIpc) is 3.35. The van der Waals surface area contributed by atoms with Gasteiger partial charge in [0, 0.05) is 35.6 Å². The molecule has 2 aromatic carbocycles. The van der Waals surface area contributed by atoms with Crippen LogP contribution in [0.3, 0.4) is 0 Å². The number of rotatable bonds is 17. The maximum absolute atomic E-state index is 14.7. The van der Waals surface area contributed by atoms with E-state index in [1.807, 2.05) is 0 Å². The predicted octanol–water partition coefficient (Wildman–Crippen LogP) is -0.528. The summed E-state index contributed by atoms with van der Waals surface area (Å²) < 4.78 is 87.7. The molecule has 6 heterocycles. The van der Waals surface area contributed by atoms with Crippen molar-refractivity contribution in [3.05, 3.63) is 72.6 Å². The molecular weight excluding hydrogens is 1050 g/mol. The molecule has 2 aliphatic heterocycles. The summed E-state index contributed by atoms with van der Waals surface area (Å²) in [6, 6.07) is 12.6. The number of fused-ring (bicyclic) bond motifs is 2. The Morgan fingerprint density at radius 1 is 0.632 bits per heavy atom. The van der Waals surface area contributed by atoms with E-state index in [4.69, 9.17) is 37.9 Å². The number of ether oxygens (including phenoxy) is 8. The van der Waals surface area contributed by atoms with E-state index >= 15 is 0 Å². The Hall–Kier alpha value is -6.59. The quantitative estimate of drug-likeness (QED) is 0.0566. The molecule has 5 N–H and O–H groups in total. The van der Waals surface area contributed by atoms with Gasteiger partial charge in [-0.2, -0.15) is 9.97 Å². The van der Waals surface area contributed by atoms with Gasteiger partial charge >= 0.3 is 59.1 Å². The van der Waals surface area contributed by atoms with Gasteiger partial charge in [0.15, 0.2) is 80.6 Å². The number of pyridine rings is 2. The number of nitrogens with one attached hydrogen (secondary N) is 5. The standard InChI is InChI=1S/C23H26FN6O9P.C22H23FN6O5.2Na/c1-23(2)21(31)30(11-38-40(32,33)34)20-14(39-23)6-7-17(28-20)27-19-13(24)10-25-22(29-19)26-12-8-15(35-3)18(37-5)16(9-12)36-4;1-22(2)20(30)28-19-13(34-22)6-7-16(27-19)26-18-12(23)10-24-21(29-18)25-11-8-14(31-3)17(33-5)15(9-11)32-4;;/h6-10H,11H2,1-5H3,(H2,32,33,34)(H2,25,26,27,28,29);6-10H,1-5H3,(H3,24,25,26,27,28,29,30);;/q;;2*+1/p-2. The fourth-order valence-corrected chi connectivity index (χ4v) is 7.13. The number of hydrogen-bond donors (Lipinski definition) is 5. The molecular formula is C45H47F2N12Na2O14P. The number of methoxy groups -OCH3 is 6.